The van der Waals surface area contributed by atoms with Gasteiger partial charge in [0, 0.05) is 0 Å². The molecule has 0 bridgehead atoms. The summed E-state index contributed by atoms with van der Waals surface area (Å²) < 4.78 is 34.8. The van der Waals surface area contributed by atoms with Gasteiger partial charge in [0.15, 0.2) is 23.2 Å². The number of aromatic nitrogens is 4. The van der Waals surface area contributed by atoms with Gasteiger partial charge in [-0.15, -0.1) is 0 Å². The summed E-state index contributed by atoms with van der Waals surface area (Å²) in [7, 11) is -4.78. The maximum absolute atomic E-state index is 13.3. The number of ether oxygens (including phenoxy) is 1. The Bertz CT molecular complexity index is 813. The molecule has 0 spiro atoms. The lowest BCUT2D eigenvalue weighted by molar-refractivity contribution is -0.0504. The van der Waals surface area contributed by atoms with Crippen LogP contribution >= 0.6 is 7.82 Å². The lowest BCUT2D eigenvalue weighted by Crippen LogP contribution is -2.33. The molecule has 1 saturated heterocycles. The maximum atomic E-state index is 13.3. The van der Waals surface area contributed by atoms with Crippen molar-refractivity contribution >= 4 is 24.8 Å². The summed E-state index contributed by atoms with van der Waals surface area (Å²) in [6.07, 6.45) is -5.46. The maximum Gasteiger partial charge on any atom is 0.469 e. The monoisotopic (exact) mass is 381 g/mol. The predicted octanol–water partition coefficient (Wildman–Crippen LogP) is -1.09. The van der Waals surface area contributed by atoms with Crippen LogP contribution in [0.5, 0.6) is 0 Å². The molecule has 0 aromatic carbocycles. The first kappa shape index (κ1) is 19.6. The van der Waals surface area contributed by atoms with Gasteiger partial charge in [-0.3, -0.25) is 9.09 Å². The second-order valence-electron chi connectivity index (χ2n) is 5.03. The van der Waals surface area contributed by atoms with E-state index >= 15 is 0 Å². The summed E-state index contributed by atoms with van der Waals surface area (Å²) >= 11 is 0. The Kier molecular flexibility index (Phi) is 5.39. The summed E-state index contributed by atoms with van der Waals surface area (Å²) in [5, 5.41) is 20.0. The second kappa shape index (κ2) is 6.88. The second-order valence-corrected chi connectivity index (χ2v) is 6.27. The first-order chi connectivity index (χ1) is 11.2. The van der Waals surface area contributed by atoms with Crippen molar-refractivity contribution in [3.8, 4) is 0 Å². The molecule has 12 nitrogen and oxygen atoms in total. The van der Waals surface area contributed by atoms with Gasteiger partial charge in [-0.1, -0.05) is 7.43 Å². The SMILES string of the molecule is C.Nc1nc(F)nc2c1ncn2[C@@H]1O[C@H](COP(=O)(O)O)[C@@H](O)[C@@H]1O. The predicted molar refractivity (Wildman–Crippen MR) is 80.3 cm³/mol. The molecule has 2 aromatic heterocycles. The molecule has 0 radical (unpaired) electrons. The van der Waals surface area contributed by atoms with Crippen molar-refractivity contribution in [2.75, 3.05) is 12.3 Å². The number of phosphoric ester groups is 1. The van der Waals surface area contributed by atoms with Crippen LogP contribution in [0.25, 0.3) is 11.2 Å². The molecule has 6 N–H and O–H groups in total. The highest BCUT2D eigenvalue weighted by Gasteiger charge is 2.45. The van der Waals surface area contributed by atoms with Crippen LogP contribution in [-0.2, 0) is 13.8 Å². The molecule has 0 unspecified atom stereocenters. The zero-order chi connectivity index (χ0) is 17.6. The molecule has 2 aromatic rings. The Labute approximate surface area is 140 Å². The van der Waals surface area contributed by atoms with Crippen molar-refractivity contribution in [3.05, 3.63) is 12.4 Å². The van der Waals surface area contributed by atoms with Gasteiger partial charge in [0.2, 0.25) is 0 Å². The van der Waals surface area contributed by atoms with E-state index in [-0.39, 0.29) is 24.4 Å². The van der Waals surface area contributed by atoms with Gasteiger partial charge < -0.3 is 30.5 Å². The number of phosphoric acid groups is 1. The zero-order valence-electron chi connectivity index (χ0n) is 11.8. The van der Waals surface area contributed by atoms with Gasteiger partial charge in [0.1, 0.15) is 18.3 Å². The highest BCUT2D eigenvalue weighted by atomic mass is 31.2. The minimum atomic E-state index is -4.78. The molecule has 0 saturated carbocycles. The van der Waals surface area contributed by atoms with E-state index in [4.69, 9.17) is 20.3 Å². The Balaban J connectivity index is 0.00000225. The number of fused-ring (bicyclic) bond motifs is 1. The van der Waals surface area contributed by atoms with Crippen molar-refractivity contribution in [1.29, 1.82) is 0 Å². The van der Waals surface area contributed by atoms with E-state index in [2.05, 4.69) is 19.5 Å². The molecule has 25 heavy (non-hydrogen) atoms. The molecule has 3 heterocycles. The third kappa shape index (κ3) is 3.77. The summed E-state index contributed by atoms with van der Waals surface area (Å²) in [5.74, 6) is -0.217. The van der Waals surface area contributed by atoms with Gasteiger partial charge in [-0.05, 0) is 0 Å². The minimum absolute atomic E-state index is 0. The average molecular weight is 381 g/mol. The highest BCUT2D eigenvalue weighted by molar-refractivity contribution is 7.46. The lowest BCUT2D eigenvalue weighted by atomic mass is 10.1. The number of imidazole rings is 1. The molecule has 140 valence electrons. The van der Waals surface area contributed by atoms with Crippen molar-refractivity contribution in [1.82, 2.24) is 19.5 Å². The molecular formula is C11H17FN5O7P. The molecule has 1 aliphatic rings. The van der Waals surface area contributed by atoms with Gasteiger partial charge in [-0.2, -0.15) is 14.4 Å². The quantitative estimate of drug-likeness (QED) is 0.320. The fourth-order valence-corrected chi connectivity index (χ4v) is 2.71. The largest absolute Gasteiger partial charge is 0.469 e. The van der Waals surface area contributed by atoms with Crippen LogP contribution in [0.3, 0.4) is 0 Å². The molecule has 0 aliphatic carbocycles. The first-order valence-electron chi connectivity index (χ1n) is 6.54. The van der Waals surface area contributed by atoms with Crippen LogP contribution in [0, 0.1) is 6.08 Å². The van der Waals surface area contributed by atoms with Gasteiger partial charge in [0.25, 0.3) is 0 Å². The average Bonchev–Trinajstić information content (AvgIpc) is 3.00. The topological polar surface area (TPSA) is 186 Å². The Morgan fingerprint density at radius 2 is 2.04 bits per heavy atom. The Morgan fingerprint density at radius 3 is 2.68 bits per heavy atom. The third-order valence-corrected chi connectivity index (χ3v) is 3.92. The molecular weight excluding hydrogens is 364 g/mol. The number of nitrogens with two attached hydrogens (primary N) is 1. The smallest absolute Gasteiger partial charge is 0.387 e. The number of hydrogen-bond acceptors (Lipinski definition) is 9. The summed E-state index contributed by atoms with van der Waals surface area (Å²) in [6, 6.07) is 0. The third-order valence-electron chi connectivity index (χ3n) is 3.44. The summed E-state index contributed by atoms with van der Waals surface area (Å²) in [4.78, 5) is 28.1. The van der Waals surface area contributed by atoms with E-state index in [0.29, 0.717) is 0 Å². The van der Waals surface area contributed by atoms with Crippen molar-refractivity contribution in [2.45, 2.75) is 32.0 Å². The van der Waals surface area contributed by atoms with Crippen LogP contribution in [0.15, 0.2) is 6.33 Å². The number of rotatable bonds is 4. The van der Waals surface area contributed by atoms with E-state index < -0.39 is 45.0 Å². The number of aliphatic hydroxyl groups excluding tert-OH is 2. The Morgan fingerprint density at radius 1 is 1.36 bits per heavy atom. The Hall–Kier alpha value is -1.73. The van der Waals surface area contributed by atoms with Crippen LogP contribution in [-0.4, -0.2) is 64.4 Å². The van der Waals surface area contributed by atoms with E-state index in [0.717, 1.165) is 10.9 Å². The highest BCUT2D eigenvalue weighted by Crippen LogP contribution is 2.38. The van der Waals surface area contributed by atoms with Gasteiger partial charge in [-0.25, -0.2) is 9.55 Å². The normalized spacial score (nSPS) is 26.8. The van der Waals surface area contributed by atoms with Crippen LogP contribution in [0.2, 0.25) is 0 Å². The molecule has 1 aliphatic heterocycles. The summed E-state index contributed by atoms with van der Waals surface area (Å²) in [5.41, 5.74) is 5.52. The number of nitrogens with zero attached hydrogens (tertiary/aromatic N) is 4. The van der Waals surface area contributed by atoms with E-state index in [1.165, 1.54) is 0 Å². The van der Waals surface area contributed by atoms with Gasteiger partial charge in [0.05, 0.1) is 12.9 Å². The minimum Gasteiger partial charge on any atom is -0.387 e. The van der Waals surface area contributed by atoms with Crippen LogP contribution in [0.1, 0.15) is 13.7 Å². The van der Waals surface area contributed by atoms with Gasteiger partial charge >= 0.3 is 13.9 Å². The number of hydrogen-bond donors (Lipinski definition) is 5. The van der Waals surface area contributed by atoms with E-state index in [9.17, 15) is 19.2 Å². The fraction of sp³-hybridized carbons (Fsp3) is 0.545. The number of nitrogen functional groups attached to an aromatic ring is 1. The van der Waals surface area contributed by atoms with Crippen molar-refractivity contribution in [2.24, 2.45) is 0 Å². The van der Waals surface area contributed by atoms with Crippen LogP contribution < -0.4 is 5.73 Å². The standard InChI is InChI=1S/C10H13FN5O7P.CH4/c11-10-14-7(12)4-8(15-10)16(2-13-4)9-6(18)5(17)3(23-9)1-22-24(19,20)21;/h2-3,5-6,9,17-18H,1H2,(H2,12,14,15)(H2,19,20,21);1H4/t3-,5-,6+,9-;/m1./s1. The van der Waals surface area contributed by atoms with Crippen LogP contribution in [0.4, 0.5) is 10.2 Å². The van der Waals surface area contributed by atoms with Crippen molar-refractivity contribution < 1.29 is 38.2 Å². The first-order valence-corrected chi connectivity index (χ1v) is 8.07. The number of aliphatic hydroxyl groups is 2. The molecule has 14 heteroatoms. The molecule has 4 atom stereocenters. The summed E-state index contributed by atoms with van der Waals surface area (Å²) in [6.45, 7) is -0.670. The number of halogens is 1. The lowest BCUT2D eigenvalue weighted by Gasteiger charge is -2.16. The van der Waals surface area contributed by atoms with E-state index in [1.54, 1.807) is 0 Å². The van der Waals surface area contributed by atoms with E-state index in [1.807, 2.05) is 0 Å². The zero-order valence-corrected chi connectivity index (χ0v) is 12.7. The molecule has 0 amide bonds. The number of anilines is 1. The molecule has 1 fully saturated rings. The molecule has 3 rings (SSSR count). The fourth-order valence-electron chi connectivity index (χ4n) is 2.36. The van der Waals surface area contributed by atoms with Crippen molar-refractivity contribution in [3.63, 3.8) is 0 Å².